The maximum Gasteiger partial charge on any atom is 0.412 e. The molecule has 7 atom stereocenters. The molecule has 15 nitrogen and oxygen atoms in total. The van der Waals surface area contributed by atoms with Crippen molar-refractivity contribution in [3.05, 3.63) is 87.1 Å². The van der Waals surface area contributed by atoms with Crippen molar-refractivity contribution >= 4 is 57.5 Å². The number of anilines is 2. The number of hydrogen-bond donors (Lipinski definition) is 2. The van der Waals surface area contributed by atoms with Crippen LogP contribution in [0.1, 0.15) is 45.6 Å². The summed E-state index contributed by atoms with van der Waals surface area (Å²) in [6, 6.07) is 9.21. The van der Waals surface area contributed by atoms with Crippen LogP contribution in [0.4, 0.5) is 21.9 Å². The van der Waals surface area contributed by atoms with E-state index in [1.165, 1.54) is 43.5 Å². The smallest absolute Gasteiger partial charge is 0.412 e. The van der Waals surface area contributed by atoms with Gasteiger partial charge in [-0.3, -0.25) is 30.0 Å². The van der Waals surface area contributed by atoms with E-state index in [9.17, 15) is 29.6 Å². The molecule has 292 valence electrons. The number of carbonyl (C=O) groups excluding carboxylic acids is 3. The Balaban J connectivity index is 1.38. The third kappa shape index (κ3) is 8.01. The summed E-state index contributed by atoms with van der Waals surface area (Å²) in [7, 11) is 4.48. The fourth-order valence-electron chi connectivity index (χ4n) is 7.55. The molecule has 2 saturated heterocycles. The van der Waals surface area contributed by atoms with Crippen molar-refractivity contribution in [3.8, 4) is 5.75 Å². The number of non-ortho nitro benzene ring substituents is 1. The van der Waals surface area contributed by atoms with Crippen LogP contribution < -0.4 is 15.0 Å². The van der Waals surface area contributed by atoms with E-state index >= 15 is 0 Å². The monoisotopic (exact) mass is 778 g/mol. The maximum atomic E-state index is 14.2. The zero-order valence-corrected chi connectivity index (χ0v) is 32.0. The highest BCUT2D eigenvalue weighted by Gasteiger charge is 2.64. The maximum absolute atomic E-state index is 14.2. The molecular weight excluding hydrogens is 736 g/mol. The first-order chi connectivity index (χ1) is 26.1. The minimum Gasteiger partial charge on any atom is -0.495 e. The van der Waals surface area contributed by atoms with E-state index in [0.29, 0.717) is 17.9 Å². The summed E-state index contributed by atoms with van der Waals surface area (Å²) in [4.78, 5) is 57.5. The summed E-state index contributed by atoms with van der Waals surface area (Å²) in [6.07, 6.45) is 2.03. The Morgan fingerprint density at radius 2 is 1.98 bits per heavy atom. The highest BCUT2D eigenvalue weighted by Crippen LogP contribution is 2.50. The van der Waals surface area contributed by atoms with E-state index in [1.807, 2.05) is 13.0 Å². The van der Waals surface area contributed by atoms with Crippen molar-refractivity contribution in [2.24, 2.45) is 5.92 Å². The number of halogens is 1. The van der Waals surface area contributed by atoms with Gasteiger partial charge in [-0.15, -0.1) is 0 Å². The Kier molecular flexibility index (Phi) is 11.2. The molecule has 0 unspecified atom stereocenters. The Labute approximate surface area is 322 Å². The summed E-state index contributed by atoms with van der Waals surface area (Å²) in [5.74, 6) is -1.27. The van der Waals surface area contributed by atoms with Gasteiger partial charge in [0.25, 0.3) is 5.69 Å². The van der Waals surface area contributed by atoms with Crippen molar-refractivity contribution in [3.63, 3.8) is 0 Å². The predicted octanol–water partition coefficient (Wildman–Crippen LogP) is 6.08. The lowest BCUT2D eigenvalue weighted by molar-refractivity contribution is -0.383. The number of hydrogen-bond acceptors (Lipinski definition) is 12. The van der Waals surface area contributed by atoms with Crippen LogP contribution in [0.3, 0.4) is 0 Å². The minimum absolute atomic E-state index is 0.0272. The molecule has 55 heavy (non-hydrogen) atoms. The molecule has 2 N–H and O–H groups in total. The van der Waals surface area contributed by atoms with Gasteiger partial charge in [-0.25, -0.2) is 4.79 Å². The highest BCUT2D eigenvalue weighted by atomic mass is 35.5. The summed E-state index contributed by atoms with van der Waals surface area (Å²) in [5, 5.41) is 26.5. The second-order valence-electron chi connectivity index (χ2n) is 14.4. The number of aromatic nitrogens is 1. The summed E-state index contributed by atoms with van der Waals surface area (Å²) < 4.78 is 29.3. The van der Waals surface area contributed by atoms with Crippen molar-refractivity contribution in [1.82, 2.24) is 4.98 Å². The summed E-state index contributed by atoms with van der Waals surface area (Å²) in [5.41, 5.74) is -0.679. The van der Waals surface area contributed by atoms with Gasteiger partial charge in [0.1, 0.15) is 45.8 Å². The lowest BCUT2D eigenvalue weighted by Crippen LogP contribution is -2.53. The van der Waals surface area contributed by atoms with Gasteiger partial charge >= 0.3 is 12.1 Å². The second kappa shape index (κ2) is 15.6. The minimum atomic E-state index is -1.61. The number of esters is 1. The van der Waals surface area contributed by atoms with Gasteiger partial charge in [-0.05, 0) is 56.2 Å². The lowest BCUT2D eigenvalue weighted by Gasteiger charge is -2.41. The number of carbonyl (C=O) groups is 3. The van der Waals surface area contributed by atoms with Gasteiger partial charge in [0.15, 0.2) is 0 Å². The van der Waals surface area contributed by atoms with E-state index in [1.54, 1.807) is 51.2 Å². The van der Waals surface area contributed by atoms with Gasteiger partial charge < -0.3 is 33.7 Å². The van der Waals surface area contributed by atoms with Crippen LogP contribution in [0.5, 0.6) is 5.75 Å². The van der Waals surface area contributed by atoms with Gasteiger partial charge in [-0.1, -0.05) is 42.3 Å². The summed E-state index contributed by atoms with van der Waals surface area (Å²) in [6.45, 7) is 5.40. The molecule has 2 fully saturated rings. The summed E-state index contributed by atoms with van der Waals surface area (Å²) >= 11 is 6.76. The van der Waals surface area contributed by atoms with Crippen LogP contribution in [0.2, 0.25) is 5.02 Å². The zero-order valence-electron chi connectivity index (χ0n) is 31.2. The van der Waals surface area contributed by atoms with Crippen molar-refractivity contribution in [2.75, 3.05) is 31.5 Å². The number of ether oxygens (including phenoxy) is 5. The highest BCUT2D eigenvalue weighted by molar-refractivity contribution is 6.35. The normalized spacial score (nSPS) is 30.0. The third-order valence-corrected chi connectivity index (χ3v) is 11.0. The molecule has 3 aliphatic rings. The molecule has 0 saturated carbocycles. The number of methoxy groups -OCH3 is 2. The van der Waals surface area contributed by atoms with Crippen LogP contribution in [0, 0.1) is 16.0 Å². The molecule has 2 amide bonds. The number of rotatable bonds is 5. The molecule has 2 aromatic carbocycles. The van der Waals surface area contributed by atoms with Crippen LogP contribution in [-0.4, -0.2) is 89.9 Å². The van der Waals surface area contributed by atoms with Crippen LogP contribution >= 0.6 is 11.6 Å². The largest absolute Gasteiger partial charge is 0.495 e. The molecule has 6 rings (SSSR count). The molecule has 4 bridgehead atoms. The lowest BCUT2D eigenvalue weighted by atomic mass is 9.78. The van der Waals surface area contributed by atoms with Crippen LogP contribution in [0.25, 0.3) is 10.9 Å². The van der Waals surface area contributed by atoms with E-state index in [4.69, 9.17) is 35.3 Å². The molecule has 4 heterocycles. The third-order valence-electron chi connectivity index (χ3n) is 10.6. The molecule has 16 heteroatoms. The number of allylic oxidation sites excluding steroid dienone is 3. The second-order valence-corrected chi connectivity index (χ2v) is 14.8. The van der Waals surface area contributed by atoms with Gasteiger partial charge in [-0.2, -0.15) is 0 Å². The van der Waals surface area contributed by atoms with Crippen molar-refractivity contribution < 1.29 is 48.1 Å². The Morgan fingerprint density at radius 1 is 1.22 bits per heavy atom. The number of aliphatic hydroxyl groups is 1. The first-order valence-corrected chi connectivity index (χ1v) is 18.1. The quantitative estimate of drug-likeness (QED) is 0.132. The van der Waals surface area contributed by atoms with Gasteiger partial charge in [0.05, 0.1) is 47.7 Å². The van der Waals surface area contributed by atoms with Crippen LogP contribution in [-0.2, 0) is 35.0 Å². The number of epoxide rings is 1. The zero-order chi connectivity index (χ0) is 39.8. The molecule has 0 spiro atoms. The molecule has 3 aliphatic heterocycles. The van der Waals surface area contributed by atoms with E-state index in [2.05, 4.69) is 10.3 Å². The van der Waals surface area contributed by atoms with Crippen LogP contribution in [0.15, 0.2) is 66.4 Å². The van der Waals surface area contributed by atoms with E-state index in [-0.39, 0.29) is 46.6 Å². The number of fused-ring (bicyclic) bond motifs is 6. The van der Waals surface area contributed by atoms with Gasteiger partial charge in [0, 0.05) is 38.8 Å². The topological polar surface area (TPSA) is 192 Å². The van der Waals surface area contributed by atoms with E-state index in [0.717, 1.165) is 11.1 Å². The number of benzene rings is 2. The Bertz CT molecular complexity index is 2090. The first-order valence-electron chi connectivity index (χ1n) is 17.7. The number of pyridine rings is 1. The average Bonchev–Trinajstić information content (AvgIpc) is 3.84. The van der Waals surface area contributed by atoms with E-state index < -0.39 is 64.4 Å². The molecule has 0 aliphatic carbocycles. The number of amides is 2. The van der Waals surface area contributed by atoms with Crippen molar-refractivity contribution in [2.45, 2.75) is 82.1 Å². The number of nitrogens with one attached hydrogen (secondary N) is 1. The van der Waals surface area contributed by atoms with Crippen molar-refractivity contribution in [1.29, 1.82) is 0 Å². The molecule has 0 radical (unpaired) electrons. The Hall–Kier alpha value is -5.09. The standard InChI is InChI=1S/C39H43ClN4O11/c1-21-9-7-11-30(52-6)39(48)19-29(53-33(46)20-39)22(2)36-38(3,55-36)31(18-32(45)43(4)27-16-23(15-21)17-28(51-5)34(27)40)54-37(47)42-25-12-13-26(44(49)50)24-10-8-14-41-35(24)25/h7-14,16-17,22,29-31,36,48H,15,18-20H2,1-6H3,(H,42,47)/b11-7+,21-9+/t22-,29+,30-,31+,36+,38+,39-/m1/s1. The number of nitrogens with zero attached hydrogens (tertiary/aromatic N) is 3. The molecular formula is C39H43ClN4O11. The average molecular weight is 779 g/mol. The fraction of sp³-hybridized carbons (Fsp3) is 0.436. The first kappa shape index (κ1) is 39.6. The molecule has 3 aromatic rings. The Morgan fingerprint density at radius 3 is 2.69 bits per heavy atom. The fourth-order valence-corrected chi connectivity index (χ4v) is 7.86. The number of nitro benzene ring substituents is 1. The van der Waals surface area contributed by atoms with Gasteiger partial charge in [0.2, 0.25) is 5.91 Å². The number of nitro groups is 1. The molecule has 1 aromatic heterocycles. The SMILES string of the molecule is COc1cc2cc(c1Cl)N(C)C(=O)C[C@H](OC(=O)Nc1ccc([N+](=O)[O-])c3cccnc13)[C@]1(C)O[C@H]1[C@H](C)[C@@H]1C[C@@](O)(CC(=O)O1)[C@H](OC)/C=C/C=C(\C)C2. The predicted molar refractivity (Wildman–Crippen MR) is 202 cm³/mol.